The molecule has 0 saturated carbocycles. The van der Waals surface area contributed by atoms with Crippen molar-refractivity contribution in [1.29, 1.82) is 0 Å². The van der Waals surface area contributed by atoms with Crippen molar-refractivity contribution in [2.75, 3.05) is 18.1 Å². The van der Waals surface area contributed by atoms with Gasteiger partial charge in [0.2, 0.25) is 0 Å². The Morgan fingerprint density at radius 3 is 2.67 bits per heavy atom. The van der Waals surface area contributed by atoms with Gasteiger partial charge in [-0.1, -0.05) is 0 Å². The molecule has 0 unspecified atom stereocenters. The van der Waals surface area contributed by atoms with Crippen molar-refractivity contribution in [1.82, 2.24) is 0 Å². The van der Waals surface area contributed by atoms with Crippen LogP contribution in [0.5, 0.6) is 0 Å². The van der Waals surface area contributed by atoms with Gasteiger partial charge in [-0.05, 0) is 37.8 Å². The van der Waals surface area contributed by atoms with Crippen molar-refractivity contribution in [3.63, 3.8) is 0 Å². The van der Waals surface area contributed by atoms with Crippen molar-refractivity contribution in [2.45, 2.75) is 25.2 Å². The van der Waals surface area contributed by atoms with Crippen LogP contribution in [0.2, 0.25) is 0 Å². The normalized spacial score (nSPS) is 11.3. The van der Waals surface area contributed by atoms with Crippen molar-refractivity contribution in [3.8, 4) is 0 Å². The number of aliphatic hydroxyl groups excluding tert-OH is 1. The SMILES string of the molecule is CSC(C)(C)CNc1cc(CO)ccc1[N+](=O)[O-]. The molecule has 100 valence electrons. The minimum atomic E-state index is -0.421. The number of aliphatic hydroxyl groups is 1. The molecule has 6 heteroatoms. The van der Waals surface area contributed by atoms with E-state index in [2.05, 4.69) is 19.2 Å². The Bertz CT molecular complexity index is 435. The molecule has 0 amide bonds. The first-order valence-corrected chi connectivity index (χ1v) is 6.79. The number of nitrogens with one attached hydrogen (secondary N) is 1. The maximum absolute atomic E-state index is 10.9. The quantitative estimate of drug-likeness (QED) is 0.614. The number of nitro benzene ring substituents is 1. The first-order chi connectivity index (χ1) is 8.39. The molecule has 0 aromatic heterocycles. The molecule has 1 aromatic carbocycles. The van der Waals surface area contributed by atoms with E-state index in [4.69, 9.17) is 5.11 Å². The maximum Gasteiger partial charge on any atom is 0.292 e. The zero-order valence-corrected chi connectivity index (χ0v) is 11.6. The highest BCUT2D eigenvalue weighted by Crippen LogP contribution is 2.28. The molecule has 0 saturated heterocycles. The van der Waals surface area contributed by atoms with Crippen molar-refractivity contribution < 1.29 is 10.0 Å². The molecule has 1 rings (SSSR count). The fourth-order valence-electron chi connectivity index (χ4n) is 1.36. The fraction of sp³-hybridized carbons (Fsp3) is 0.500. The molecule has 0 spiro atoms. The van der Waals surface area contributed by atoms with Crippen LogP contribution in [0, 0.1) is 10.1 Å². The molecule has 1 aromatic rings. The average Bonchev–Trinajstić information content (AvgIpc) is 2.36. The predicted molar refractivity (Wildman–Crippen MR) is 75.1 cm³/mol. The van der Waals surface area contributed by atoms with Gasteiger partial charge in [0.15, 0.2) is 0 Å². The number of rotatable bonds is 6. The molecule has 0 aliphatic carbocycles. The summed E-state index contributed by atoms with van der Waals surface area (Å²) in [7, 11) is 0. The lowest BCUT2D eigenvalue weighted by Gasteiger charge is -2.23. The third-order valence-electron chi connectivity index (χ3n) is 2.70. The summed E-state index contributed by atoms with van der Waals surface area (Å²) in [5.41, 5.74) is 1.14. The average molecular weight is 270 g/mol. The second-order valence-electron chi connectivity index (χ2n) is 4.58. The van der Waals surface area contributed by atoms with E-state index in [0.29, 0.717) is 17.8 Å². The van der Waals surface area contributed by atoms with Gasteiger partial charge < -0.3 is 10.4 Å². The van der Waals surface area contributed by atoms with E-state index in [0.717, 1.165) is 0 Å². The maximum atomic E-state index is 10.9. The van der Waals surface area contributed by atoms with Gasteiger partial charge in [0.05, 0.1) is 11.5 Å². The van der Waals surface area contributed by atoms with Crippen LogP contribution < -0.4 is 5.32 Å². The number of hydrogen-bond donors (Lipinski definition) is 2. The summed E-state index contributed by atoms with van der Waals surface area (Å²) in [6, 6.07) is 4.59. The molecular formula is C12H18N2O3S. The molecule has 0 fully saturated rings. The summed E-state index contributed by atoms with van der Waals surface area (Å²) in [5, 5.41) is 23.1. The molecule has 0 aliphatic heterocycles. The smallest absolute Gasteiger partial charge is 0.292 e. The van der Waals surface area contributed by atoms with Crippen LogP contribution in [0.1, 0.15) is 19.4 Å². The number of benzene rings is 1. The van der Waals surface area contributed by atoms with Gasteiger partial charge in [-0.15, -0.1) is 0 Å². The van der Waals surface area contributed by atoms with E-state index >= 15 is 0 Å². The lowest BCUT2D eigenvalue weighted by Crippen LogP contribution is -2.26. The molecule has 2 N–H and O–H groups in total. The highest BCUT2D eigenvalue weighted by Gasteiger charge is 2.19. The molecule has 0 radical (unpaired) electrons. The molecule has 0 heterocycles. The molecular weight excluding hydrogens is 252 g/mol. The van der Waals surface area contributed by atoms with Crippen LogP contribution in [0.4, 0.5) is 11.4 Å². The molecule has 0 bridgehead atoms. The Morgan fingerprint density at radius 2 is 2.17 bits per heavy atom. The highest BCUT2D eigenvalue weighted by molar-refractivity contribution is 7.99. The monoisotopic (exact) mass is 270 g/mol. The fourth-order valence-corrected chi connectivity index (χ4v) is 1.58. The summed E-state index contributed by atoms with van der Waals surface area (Å²) >= 11 is 1.69. The summed E-state index contributed by atoms with van der Waals surface area (Å²) < 4.78 is -0.0108. The summed E-state index contributed by atoms with van der Waals surface area (Å²) in [6.45, 7) is 4.61. The van der Waals surface area contributed by atoms with E-state index in [1.807, 2.05) is 6.26 Å². The van der Waals surface area contributed by atoms with Gasteiger partial charge in [0, 0.05) is 17.4 Å². The number of nitrogens with zero attached hydrogens (tertiary/aromatic N) is 1. The van der Waals surface area contributed by atoms with E-state index < -0.39 is 4.92 Å². The molecule has 5 nitrogen and oxygen atoms in total. The topological polar surface area (TPSA) is 75.4 Å². The molecule has 18 heavy (non-hydrogen) atoms. The Balaban J connectivity index is 2.94. The lowest BCUT2D eigenvalue weighted by atomic mass is 10.1. The number of nitro groups is 1. The van der Waals surface area contributed by atoms with Crippen LogP contribution in [0.3, 0.4) is 0 Å². The van der Waals surface area contributed by atoms with E-state index in [1.54, 1.807) is 23.9 Å². The molecule has 0 atom stereocenters. The Labute approximate surface area is 111 Å². The van der Waals surface area contributed by atoms with Gasteiger partial charge in [0.25, 0.3) is 5.69 Å². The van der Waals surface area contributed by atoms with E-state index in [-0.39, 0.29) is 17.0 Å². The van der Waals surface area contributed by atoms with Gasteiger partial charge in [-0.3, -0.25) is 10.1 Å². The van der Waals surface area contributed by atoms with Crippen LogP contribution >= 0.6 is 11.8 Å². The number of thioether (sulfide) groups is 1. The van der Waals surface area contributed by atoms with E-state index in [1.165, 1.54) is 6.07 Å². The first kappa shape index (κ1) is 14.8. The Hall–Kier alpha value is -1.27. The van der Waals surface area contributed by atoms with Gasteiger partial charge in [-0.25, -0.2) is 0 Å². The second kappa shape index (κ2) is 6.06. The van der Waals surface area contributed by atoms with Crippen LogP contribution in [-0.4, -0.2) is 27.6 Å². The third kappa shape index (κ3) is 3.89. The van der Waals surface area contributed by atoms with Crippen molar-refractivity contribution in [3.05, 3.63) is 33.9 Å². The first-order valence-electron chi connectivity index (χ1n) is 5.57. The zero-order valence-electron chi connectivity index (χ0n) is 10.8. The largest absolute Gasteiger partial charge is 0.392 e. The third-order valence-corrected chi connectivity index (χ3v) is 3.95. The Kier molecular flexibility index (Phi) is 4.98. The summed E-state index contributed by atoms with van der Waals surface area (Å²) in [6.07, 6.45) is 2.00. The van der Waals surface area contributed by atoms with Crippen molar-refractivity contribution >= 4 is 23.1 Å². The van der Waals surface area contributed by atoms with Gasteiger partial charge in [-0.2, -0.15) is 11.8 Å². The van der Waals surface area contributed by atoms with E-state index in [9.17, 15) is 10.1 Å². The van der Waals surface area contributed by atoms with Crippen molar-refractivity contribution in [2.24, 2.45) is 0 Å². The number of hydrogen-bond acceptors (Lipinski definition) is 5. The van der Waals surface area contributed by atoms with Crippen LogP contribution in [-0.2, 0) is 6.61 Å². The zero-order chi connectivity index (χ0) is 13.8. The summed E-state index contributed by atoms with van der Waals surface area (Å²) in [5.74, 6) is 0. The molecule has 0 aliphatic rings. The summed E-state index contributed by atoms with van der Waals surface area (Å²) in [4.78, 5) is 10.5. The second-order valence-corrected chi connectivity index (χ2v) is 6.10. The van der Waals surface area contributed by atoms with Gasteiger partial charge >= 0.3 is 0 Å². The van der Waals surface area contributed by atoms with Gasteiger partial charge in [0.1, 0.15) is 5.69 Å². The lowest BCUT2D eigenvalue weighted by molar-refractivity contribution is -0.384. The van der Waals surface area contributed by atoms with Crippen LogP contribution in [0.25, 0.3) is 0 Å². The van der Waals surface area contributed by atoms with Crippen LogP contribution in [0.15, 0.2) is 18.2 Å². The highest BCUT2D eigenvalue weighted by atomic mass is 32.2. The Morgan fingerprint density at radius 1 is 1.50 bits per heavy atom. The minimum absolute atomic E-state index is 0.0108. The minimum Gasteiger partial charge on any atom is -0.392 e. The number of anilines is 1. The predicted octanol–water partition coefficient (Wildman–Crippen LogP) is 2.64. The standard InChI is InChI=1S/C12H18N2O3S/c1-12(2,18-3)8-13-10-6-9(7-15)4-5-11(10)14(16)17/h4-6,13,15H,7-8H2,1-3H3.